The Labute approximate surface area is 156 Å². The van der Waals surface area contributed by atoms with Crippen molar-refractivity contribution in [1.29, 1.82) is 0 Å². The Morgan fingerprint density at radius 2 is 1.96 bits per heavy atom. The van der Waals surface area contributed by atoms with Gasteiger partial charge in [-0.3, -0.25) is 9.59 Å². The maximum atomic E-state index is 12.3. The van der Waals surface area contributed by atoms with Gasteiger partial charge in [-0.15, -0.1) is 11.8 Å². The van der Waals surface area contributed by atoms with Gasteiger partial charge in [0, 0.05) is 23.5 Å². The molecule has 7 nitrogen and oxygen atoms in total. The van der Waals surface area contributed by atoms with Gasteiger partial charge >= 0.3 is 0 Å². The largest absolute Gasteiger partial charge is 0.496 e. The summed E-state index contributed by atoms with van der Waals surface area (Å²) in [4.78, 5) is 25.1. The predicted molar refractivity (Wildman–Crippen MR) is 99.1 cm³/mol. The van der Waals surface area contributed by atoms with E-state index in [1.54, 1.807) is 31.2 Å². The molecule has 0 aliphatic carbocycles. The van der Waals surface area contributed by atoms with Crippen LogP contribution in [-0.4, -0.2) is 56.6 Å². The number of benzene rings is 1. The number of hydrogen-bond acceptors (Lipinski definition) is 6. The number of nitrogens with one attached hydrogen (secondary N) is 2. The monoisotopic (exact) mass is 378 g/mol. The van der Waals surface area contributed by atoms with Crippen LogP contribution in [0.4, 0.5) is 5.69 Å². The summed E-state index contributed by atoms with van der Waals surface area (Å²) in [5.41, 5.74) is 1.15. The van der Waals surface area contributed by atoms with E-state index in [4.69, 9.17) is 14.2 Å². The van der Waals surface area contributed by atoms with Crippen molar-refractivity contribution in [3.05, 3.63) is 40.5 Å². The van der Waals surface area contributed by atoms with E-state index >= 15 is 0 Å². The van der Waals surface area contributed by atoms with Gasteiger partial charge in [0.05, 0.1) is 32.5 Å². The van der Waals surface area contributed by atoms with Crippen LogP contribution in [0.3, 0.4) is 0 Å². The van der Waals surface area contributed by atoms with Crippen molar-refractivity contribution in [2.24, 2.45) is 0 Å². The van der Waals surface area contributed by atoms with E-state index in [1.807, 2.05) is 0 Å². The number of anilines is 1. The Morgan fingerprint density at radius 1 is 1.15 bits per heavy atom. The highest BCUT2D eigenvalue weighted by Crippen LogP contribution is 2.26. The summed E-state index contributed by atoms with van der Waals surface area (Å²) in [7, 11) is 0. The zero-order valence-corrected chi connectivity index (χ0v) is 15.4. The molecule has 2 aliphatic heterocycles. The second-order valence-electron chi connectivity index (χ2n) is 5.89. The molecule has 0 bridgehead atoms. The number of amides is 2. The Morgan fingerprint density at radius 3 is 2.65 bits per heavy atom. The van der Waals surface area contributed by atoms with Gasteiger partial charge in [-0.2, -0.15) is 0 Å². The number of carbonyl (C=O) groups excluding carboxylic acids is 2. The molecule has 0 saturated carbocycles. The minimum absolute atomic E-state index is 0.113. The van der Waals surface area contributed by atoms with Gasteiger partial charge in [-0.25, -0.2) is 0 Å². The number of allylic oxidation sites excluding steroid dienone is 1. The minimum atomic E-state index is -0.196. The SMILES string of the molecule is CC1=C(C(=O)Nc2ccc(C(=O)NCC3COCCO3)cc2)SCCO1. The summed E-state index contributed by atoms with van der Waals surface area (Å²) in [6.45, 7) is 4.45. The third-order valence-electron chi connectivity index (χ3n) is 3.95. The van der Waals surface area contributed by atoms with E-state index in [9.17, 15) is 9.59 Å². The fourth-order valence-corrected chi connectivity index (χ4v) is 3.40. The molecule has 2 aliphatic rings. The zero-order chi connectivity index (χ0) is 18.4. The van der Waals surface area contributed by atoms with E-state index < -0.39 is 0 Å². The standard InChI is InChI=1S/C18H22N2O5S/c1-12-16(26-9-8-24-12)18(22)20-14-4-2-13(3-5-14)17(21)19-10-15-11-23-6-7-25-15/h2-5,15H,6-11H2,1H3,(H,19,21)(H,20,22). The van der Waals surface area contributed by atoms with Crippen molar-refractivity contribution >= 4 is 29.3 Å². The van der Waals surface area contributed by atoms with Crippen molar-refractivity contribution < 1.29 is 23.8 Å². The number of ether oxygens (including phenoxy) is 3. The molecule has 2 amide bonds. The average Bonchev–Trinajstić information content (AvgIpc) is 2.68. The fraction of sp³-hybridized carbons (Fsp3) is 0.444. The highest BCUT2D eigenvalue weighted by molar-refractivity contribution is 8.04. The van der Waals surface area contributed by atoms with Crippen LogP contribution in [-0.2, 0) is 19.0 Å². The first-order valence-corrected chi connectivity index (χ1v) is 9.47. The fourth-order valence-electron chi connectivity index (χ4n) is 2.59. The third-order valence-corrected chi connectivity index (χ3v) is 5.09. The van der Waals surface area contributed by atoms with Gasteiger partial charge in [-0.05, 0) is 31.2 Å². The lowest BCUT2D eigenvalue weighted by molar-refractivity contribution is -0.112. The predicted octanol–water partition coefficient (Wildman–Crippen LogP) is 1.77. The lowest BCUT2D eigenvalue weighted by Gasteiger charge is -2.23. The van der Waals surface area contributed by atoms with Crippen molar-refractivity contribution in [1.82, 2.24) is 5.32 Å². The highest BCUT2D eigenvalue weighted by Gasteiger charge is 2.19. The van der Waals surface area contributed by atoms with Crippen LogP contribution in [0.1, 0.15) is 17.3 Å². The Bertz CT molecular complexity index is 683. The van der Waals surface area contributed by atoms with E-state index in [2.05, 4.69) is 10.6 Å². The molecule has 1 aromatic rings. The Kier molecular flexibility index (Phi) is 6.54. The smallest absolute Gasteiger partial charge is 0.265 e. The van der Waals surface area contributed by atoms with Crippen molar-refractivity contribution in [3.8, 4) is 0 Å². The molecule has 1 unspecified atom stereocenters. The molecule has 1 saturated heterocycles. The van der Waals surface area contributed by atoms with Gasteiger partial charge in [0.1, 0.15) is 10.7 Å². The van der Waals surface area contributed by atoms with Gasteiger partial charge < -0.3 is 24.8 Å². The molecule has 1 fully saturated rings. The molecule has 2 N–H and O–H groups in total. The molecule has 3 rings (SSSR count). The molecular weight excluding hydrogens is 356 g/mol. The van der Waals surface area contributed by atoms with E-state index in [0.717, 1.165) is 5.75 Å². The lowest BCUT2D eigenvalue weighted by atomic mass is 10.2. The average molecular weight is 378 g/mol. The van der Waals surface area contributed by atoms with Crippen LogP contribution >= 0.6 is 11.8 Å². The first kappa shape index (κ1) is 18.8. The summed E-state index contributed by atoms with van der Waals surface area (Å²) < 4.78 is 16.2. The second kappa shape index (κ2) is 9.07. The van der Waals surface area contributed by atoms with Crippen molar-refractivity contribution in [2.75, 3.05) is 44.0 Å². The van der Waals surface area contributed by atoms with Crippen LogP contribution in [0.15, 0.2) is 34.9 Å². The van der Waals surface area contributed by atoms with Gasteiger partial charge in [0.2, 0.25) is 0 Å². The van der Waals surface area contributed by atoms with E-state index in [1.165, 1.54) is 11.8 Å². The van der Waals surface area contributed by atoms with Crippen molar-refractivity contribution in [2.45, 2.75) is 13.0 Å². The highest BCUT2D eigenvalue weighted by atomic mass is 32.2. The zero-order valence-electron chi connectivity index (χ0n) is 14.6. The summed E-state index contributed by atoms with van der Waals surface area (Å²) in [5.74, 6) is 1.02. The molecule has 0 aromatic heterocycles. The van der Waals surface area contributed by atoms with Gasteiger partial charge in [0.15, 0.2) is 0 Å². The van der Waals surface area contributed by atoms with Crippen LogP contribution < -0.4 is 10.6 Å². The van der Waals surface area contributed by atoms with E-state index in [-0.39, 0.29) is 17.9 Å². The topological polar surface area (TPSA) is 85.9 Å². The van der Waals surface area contributed by atoms with Crippen molar-refractivity contribution in [3.63, 3.8) is 0 Å². The van der Waals surface area contributed by atoms with Crippen LogP contribution in [0, 0.1) is 0 Å². The number of thioether (sulfide) groups is 1. The van der Waals surface area contributed by atoms with Gasteiger partial charge in [0.25, 0.3) is 11.8 Å². The molecule has 8 heteroatoms. The molecule has 26 heavy (non-hydrogen) atoms. The minimum Gasteiger partial charge on any atom is -0.496 e. The van der Waals surface area contributed by atoms with Gasteiger partial charge in [-0.1, -0.05) is 0 Å². The maximum absolute atomic E-state index is 12.3. The number of carbonyl (C=O) groups is 2. The number of hydrogen-bond donors (Lipinski definition) is 2. The van der Waals surface area contributed by atoms with Crippen LogP contribution in [0.25, 0.3) is 0 Å². The molecular formula is C18H22N2O5S. The summed E-state index contributed by atoms with van der Waals surface area (Å²) in [5, 5.41) is 5.65. The maximum Gasteiger partial charge on any atom is 0.265 e. The number of rotatable bonds is 5. The van der Waals surface area contributed by atoms with Crippen LogP contribution in [0.5, 0.6) is 0 Å². The Hall–Kier alpha value is -2.03. The molecule has 0 spiro atoms. The quantitative estimate of drug-likeness (QED) is 0.812. The Balaban J connectivity index is 1.52. The first-order valence-electron chi connectivity index (χ1n) is 8.49. The first-order chi connectivity index (χ1) is 12.6. The van der Waals surface area contributed by atoms with Crippen LogP contribution in [0.2, 0.25) is 0 Å². The summed E-state index contributed by atoms with van der Waals surface area (Å²) in [6.07, 6.45) is -0.113. The molecule has 1 aromatic carbocycles. The third kappa shape index (κ3) is 5.00. The van der Waals surface area contributed by atoms with E-state index in [0.29, 0.717) is 54.9 Å². The normalized spacial score (nSPS) is 20.3. The molecule has 0 radical (unpaired) electrons. The second-order valence-corrected chi connectivity index (χ2v) is 7.00. The summed E-state index contributed by atoms with van der Waals surface area (Å²) >= 11 is 1.48. The summed E-state index contributed by atoms with van der Waals surface area (Å²) in [6, 6.07) is 6.76. The molecule has 1 atom stereocenters. The lowest BCUT2D eigenvalue weighted by Crippen LogP contribution is -2.39. The molecule has 140 valence electrons. The molecule has 2 heterocycles.